The van der Waals surface area contributed by atoms with Gasteiger partial charge in [0.15, 0.2) is 5.58 Å². The third kappa shape index (κ3) is 3.14. The van der Waals surface area contributed by atoms with E-state index in [1.165, 1.54) is 29.8 Å². The van der Waals surface area contributed by atoms with Gasteiger partial charge in [0.1, 0.15) is 0 Å². The van der Waals surface area contributed by atoms with Crippen LogP contribution in [-0.4, -0.2) is 18.0 Å². The Morgan fingerprint density at radius 3 is 2.68 bits per heavy atom. The van der Waals surface area contributed by atoms with E-state index in [0.29, 0.717) is 16.6 Å². The molecule has 0 spiro atoms. The van der Waals surface area contributed by atoms with Gasteiger partial charge in [-0.25, -0.2) is 17.9 Å². The molecule has 0 amide bonds. The SMILES string of the molecule is Cc1ccc2[nH]c(=O)c(CNS(=O)(=O)c3ccc4c(c3)oc(=O)n4C)cc2c1. The van der Waals surface area contributed by atoms with Gasteiger partial charge in [-0.05, 0) is 42.6 Å². The smallest absolute Gasteiger partial charge is 0.408 e. The zero-order chi connectivity index (χ0) is 20.1. The van der Waals surface area contributed by atoms with Crippen LogP contribution in [0.25, 0.3) is 22.0 Å². The number of oxazole rings is 1. The van der Waals surface area contributed by atoms with Crippen molar-refractivity contribution in [3.8, 4) is 0 Å². The molecule has 2 heterocycles. The predicted octanol–water partition coefficient (Wildman–Crippen LogP) is 1.76. The summed E-state index contributed by atoms with van der Waals surface area (Å²) in [4.78, 5) is 26.5. The molecule has 4 aromatic rings. The van der Waals surface area contributed by atoms with Crippen molar-refractivity contribution >= 4 is 32.0 Å². The highest BCUT2D eigenvalue weighted by Gasteiger charge is 2.17. The number of pyridine rings is 1. The fourth-order valence-electron chi connectivity index (χ4n) is 3.04. The first kappa shape index (κ1) is 18.2. The van der Waals surface area contributed by atoms with Crippen LogP contribution in [0.3, 0.4) is 0 Å². The van der Waals surface area contributed by atoms with Gasteiger partial charge in [0.05, 0.1) is 10.4 Å². The Bertz CT molecular complexity index is 1440. The third-order valence-corrected chi connectivity index (χ3v) is 6.00. The van der Waals surface area contributed by atoms with Crippen molar-refractivity contribution in [3.63, 3.8) is 0 Å². The van der Waals surface area contributed by atoms with Crippen molar-refractivity contribution in [2.45, 2.75) is 18.4 Å². The van der Waals surface area contributed by atoms with Gasteiger partial charge in [0, 0.05) is 30.7 Å². The maximum Gasteiger partial charge on any atom is 0.419 e. The van der Waals surface area contributed by atoms with Crippen molar-refractivity contribution < 1.29 is 12.8 Å². The van der Waals surface area contributed by atoms with Crippen LogP contribution in [0.5, 0.6) is 0 Å². The molecule has 0 unspecified atom stereocenters. The zero-order valence-corrected chi connectivity index (χ0v) is 16.0. The van der Waals surface area contributed by atoms with Crippen LogP contribution < -0.4 is 16.0 Å². The number of nitrogens with one attached hydrogen (secondary N) is 2. The average Bonchev–Trinajstić information content (AvgIpc) is 2.94. The topological polar surface area (TPSA) is 114 Å². The maximum atomic E-state index is 12.6. The van der Waals surface area contributed by atoms with Crippen molar-refractivity contribution in [1.29, 1.82) is 0 Å². The number of fused-ring (bicyclic) bond motifs is 2. The first-order valence-electron chi connectivity index (χ1n) is 8.46. The molecule has 2 N–H and O–H groups in total. The number of hydrogen-bond donors (Lipinski definition) is 2. The van der Waals surface area contributed by atoms with E-state index in [0.717, 1.165) is 10.9 Å². The summed E-state index contributed by atoms with van der Waals surface area (Å²) in [5.41, 5.74) is 2.33. The quantitative estimate of drug-likeness (QED) is 0.543. The van der Waals surface area contributed by atoms with Crippen LogP contribution in [0.2, 0.25) is 0 Å². The van der Waals surface area contributed by atoms with Gasteiger partial charge in [-0.2, -0.15) is 0 Å². The van der Waals surface area contributed by atoms with Gasteiger partial charge in [0.2, 0.25) is 10.0 Å². The number of H-pyrrole nitrogens is 1. The highest BCUT2D eigenvalue weighted by molar-refractivity contribution is 7.89. The molecule has 0 fully saturated rings. The summed E-state index contributed by atoms with van der Waals surface area (Å²) in [6.45, 7) is 1.77. The lowest BCUT2D eigenvalue weighted by Gasteiger charge is -2.08. The first-order chi connectivity index (χ1) is 13.2. The molecule has 0 saturated heterocycles. The first-order valence-corrected chi connectivity index (χ1v) is 9.95. The summed E-state index contributed by atoms with van der Waals surface area (Å²) in [5, 5.41) is 0.821. The fraction of sp³-hybridized carbons (Fsp3) is 0.158. The van der Waals surface area contributed by atoms with Gasteiger partial charge in [-0.3, -0.25) is 9.36 Å². The highest BCUT2D eigenvalue weighted by Crippen LogP contribution is 2.18. The average molecular weight is 399 g/mol. The standard InChI is InChI=1S/C19H17N3O5S/c1-11-3-5-15-12(7-11)8-13(18(23)21-15)10-20-28(25,26)14-4-6-16-17(9-14)27-19(24)22(16)2/h3-9,20H,10H2,1-2H3,(H,21,23). The van der Waals surface area contributed by atoms with Crippen molar-refractivity contribution in [3.05, 3.63) is 74.5 Å². The van der Waals surface area contributed by atoms with Crippen molar-refractivity contribution in [2.75, 3.05) is 0 Å². The van der Waals surface area contributed by atoms with Crippen LogP contribution in [0, 0.1) is 6.92 Å². The van der Waals surface area contributed by atoms with E-state index in [1.807, 2.05) is 25.1 Å². The Labute approximate surface area is 159 Å². The maximum absolute atomic E-state index is 12.6. The second kappa shape index (κ2) is 6.47. The molecule has 28 heavy (non-hydrogen) atoms. The number of sulfonamides is 1. The van der Waals surface area contributed by atoms with E-state index in [4.69, 9.17) is 4.42 Å². The van der Waals surface area contributed by atoms with Crippen LogP contribution in [0.4, 0.5) is 0 Å². The van der Waals surface area contributed by atoms with E-state index < -0.39 is 15.8 Å². The Kier molecular flexibility index (Phi) is 4.20. The van der Waals surface area contributed by atoms with Crippen LogP contribution in [0.1, 0.15) is 11.1 Å². The van der Waals surface area contributed by atoms with Crippen molar-refractivity contribution in [1.82, 2.24) is 14.3 Å². The number of benzene rings is 2. The minimum Gasteiger partial charge on any atom is -0.408 e. The zero-order valence-electron chi connectivity index (χ0n) is 15.1. The molecular weight excluding hydrogens is 382 g/mol. The van der Waals surface area contributed by atoms with Gasteiger partial charge in [0.25, 0.3) is 5.56 Å². The summed E-state index contributed by atoms with van der Waals surface area (Å²) in [7, 11) is -2.37. The minimum absolute atomic E-state index is 0.0533. The summed E-state index contributed by atoms with van der Waals surface area (Å²) in [6.07, 6.45) is 0. The van der Waals surface area contributed by atoms with Gasteiger partial charge < -0.3 is 9.40 Å². The molecule has 0 aliphatic rings. The van der Waals surface area contributed by atoms with E-state index in [9.17, 15) is 18.0 Å². The van der Waals surface area contributed by atoms with Gasteiger partial charge >= 0.3 is 5.76 Å². The number of rotatable bonds is 4. The number of aromatic nitrogens is 2. The minimum atomic E-state index is -3.91. The Morgan fingerprint density at radius 1 is 1.11 bits per heavy atom. The van der Waals surface area contributed by atoms with Crippen molar-refractivity contribution in [2.24, 2.45) is 7.05 Å². The normalized spacial score (nSPS) is 12.1. The number of nitrogens with zero attached hydrogens (tertiary/aromatic N) is 1. The molecule has 0 aliphatic carbocycles. The summed E-state index contributed by atoms with van der Waals surface area (Å²) in [5.74, 6) is -0.574. The lowest BCUT2D eigenvalue weighted by molar-refractivity contribution is 0.527. The van der Waals surface area contributed by atoms with Crippen LogP contribution in [0.15, 0.2) is 61.4 Å². The van der Waals surface area contributed by atoms with E-state index in [2.05, 4.69) is 9.71 Å². The summed E-state index contributed by atoms with van der Waals surface area (Å²) < 4.78 is 34.0. The number of aromatic amines is 1. The lowest BCUT2D eigenvalue weighted by Crippen LogP contribution is -2.27. The largest absolute Gasteiger partial charge is 0.419 e. The van der Waals surface area contributed by atoms with E-state index >= 15 is 0 Å². The van der Waals surface area contributed by atoms with E-state index in [-0.39, 0.29) is 22.6 Å². The molecule has 2 aromatic heterocycles. The molecule has 144 valence electrons. The Hall–Kier alpha value is -3.17. The third-order valence-electron chi connectivity index (χ3n) is 4.60. The molecule has 2 aromatic carbocycles. The monoisotopic (exact) mass is 399 g/mol. The van der Waals surface area contributed by atoms with Crippen LogP contribution >= 0.6 is 0 Å². The number of hydrogen-bond acceptors (Lipinski definition) is 5. The molecule has 0 saturated carbocycles. The molecule has 9 heteroatoms. The fourth-order valence-corrected chi connectivity index (χ4v) is 4.06. The second-order valence-electron chi connectivity index (χ2n) is 6.60. The highest BCUT2D eigenvalue weighted by atomic mass is 32.2. The molecule has 0 atom stereocenters. The van der Waals surface area contributed by atoms with E-state index in [1.54, 1.807) is 6.07 Å². The molecule has 0 bridgehead atoms. The van der Waals surface area contributed by atoms with Gasteiger partial charge in [-0.1, -0.05) is 11.6 Å². The number of aryl methyl sites for hydroxylation is 2. The van der Waals surface area contributed by atoms with Gasteiger partial charge in [-0.15, -0.1) is 0 Å². The van der Waals surface area contributed by atoms with Crippen LogP contribution in [-0.2, 0) is 23.6 Å². The molecule has 0 radical (unpaired) electrons. The Morgan fingerprint density at radius 2 is 1.89 bits per heavy atom. The Balaban J connectivity index is 1.65. The summed E-state index contributed by atoms with van der Waals surface area (Å²) >= 11 is 0. The second-order valence-corrected chi connectivity index (χ2v) is 8.36. The predicted molar refractivity (Wildman–Crippen MR) is 105 cm³/mol. The molecule has 0 aliphatic heterocycles. The lowest BCUT2D eigenvalue weighted by atomic mass is 10.1. The summed E-state index contributed by atoms with van der Waals surface area (Å²) in [6, 6.07) is 11.4. The molecule has 8 nitrogen and oxygen atoms in total. The molecule has 4 rings (SSSR count). The molecular formula is C19H17N3O5S.